The van der Waals surface area contributed by atoms with E-state index < -0.39 is 12.0 Å². The summed E-state index contributed by atoms with van der Waals surface area (Å²) in [5.41, 5.74) is 1.64. The monoisotopic (exact) mass is 383 g/mol. The van der Waals surface area contributed by atoms with Crippen molar-refractivity contribution in [3.63, 3.8) is 0 Å². The predicted molar refractivity (Wildman–Crippen MR) is 87.8 cm³/mol. The fraction of sp³-hybridized carbons (Fsp3) is 0.333. The molecule has 0 unspecified atom stereocenters. The number of carboxylic acid groups (broad SMARTS) is 1. The molecule has 0 amide bonds. The standard InChI is InChI=1S/C15H18BrN3O4/c1-22-13-4-9(3-11(16)14(13)23-2)6-18-12(15(20)21)5-10-7-17-8-19-10/h3-4,7-8,12,18H,5-6H2,1-2H3,(H,17,19)(H,20,21)/t12-/m1/s1. The molecule has 0 aliphatic rings. The van der Waals surface area contributed by atoms with Gasteiger partial charge >= 0.3 is 5.97 Å². The fourth-order valence-electron chi connectivity index (χ4n) is 2.18. The molecule has 1 atom stereocenters. The summed E-state index contributed by atoms with van der Waals surface area (Å²) in [7, 11) is 3.12. The Balaban J connectivity index is 2.08. The number of carbonyl (C=O) groups is 1. The number of aromatic nitrogens is 2. The highest BCUT2D eigenvalue weighted by Crippen LogP contribution is 2.36. The molecular formula is C15H18BrN3O4. The van der Waals surface area contributed by atoms with Crippen molar-refractivity contribution in [2.45, 2.75) is 19.0 Å². The Morgan fingerprint density at radius 1 is 1.43 bits per heavy atom. The maximum Gasteiger partial charge on any atom is 0.321 e. The van der Waals surface area contributed by atoms with Crippen LogP contribution in [0.2, 0.25) is 0 Å². The van der Waals surface area contributed by atoms with Crippen molar-refractivity contribution in [1.82, 2.24) is 15.3 Å². The van der Waals surface area contributed by atoms with Gasteiger partial charge in [0.1, 0.15) is 6.04 Å². The first-order chi connectivity index (χ1) is 11.0. The lowest BCUT2D eigenvalue weighted by atomic mass is 10.1. The van der Waals surface area contributed by atoms with E-state index in [0.717, 1.165) is 15.7 Å². The van der Waals surface area contributed by atoms with Gasteiger partial charge in [-0.05, 0) is 33.6 Å². The molecular weight excluding hydrogens is 366 g/mol. The number of hydrogen-bond acceptors (Lipinski definition) is 5. The van der Waals surface area contributed by atoms with Crippen LogP contribution in [0.3, 0.4) is 0 Å². The number of aliphatic carboxylic acids is 1. The molecule has 0 bridgehead atoms. The highest BCUT2D eigenvalue weighted by atomic mass is 79.9. The summed E-state index contributed by atoms with van der Waals surface area (Å²) in [5.74, 6) is 0.266. The van der Waals surface area contributed by atoms with E-state index in [1.54, 1.807) is 20.4 Å². The Hall–Kier alpha value is -2.06. The van der Waals surface area contributed by atoms with Crippen LogP contribution in [0.1, 0.15) is 11.3 Å². The second-order valence-corrected chi connectivity index (χ2v) is 5.72. The average Bonchev–Trinajstić information content (AvgIpc) is 3.03. The number of ether oxygens (including phenoxy) is 2. The fourth-order valence-corrected chi connectivity index (χ4v) is 2.83. The molecule has 3 N–H and O–H groups in total. The Bertz CT molecular complexity index is 661. The van der Waals surface area contributed by atoms with Crippen molar-refractivity contribution < 1.29 is 19.4 Å². The van der Waals surface area contributed by atoms with Gasteiger partial charge in [0, 0.05) is 24.9 Å². The molecule has 2 rings (SSSR count). The molecule has 23 heavy (non-hydrogen) atoms. The molecule has 1 aromatic carbocycles. The number of imidazole rings is 1. The molecule has 7 nitrogen and oxygen atoms in total. The number of methoxy groups -OCH3 is 2. The van der Waals surface area contributed by atoms with Crippen LogP contribution in [0, 0.1) is 0 Å². The minimum atomic E-state index is -0.917. The molecule has 0 aliphatic heterocycles. The highest BCUT2D eigenvalue weighted by Gasteiger charge is 2.19. The lowest BCUT2D eigenvalue weighted by Crippen LogP contribution is -2.38. The Morgan fingerprint density at radius 3 is 2.78 bits per heavy atom. The molecule has 0 fully saturated rings. The topological polar surface area (TPSA) is 96.5 Å². The van der Waals surface area contributed by atoms with E-state index in [1.165, 1.54) is 6.33 Å². The summed E-state index contributed by atoms with van der Waals surface area (Å²) >= 11 is 3.42. The Morgan fingerprint density at radius 2 is 2.22 bits per heavy atom. The van der Waals surface area contributed by atoms with Gasteiger partial charge in [-0.1, -0.05) is 0 Å². The number of benzene rings is 1. The summed E-state index contributed by atoms with van der Waals surface area (Å²) in [6, 6.07) is 2.96. The quantitative estimate of drug-likeness (QED) is 0.644. The van der Waals surface area contributed by atoms with Gasteiger partial charge in [0.2, 0.25) is 0 Å². The summed E-state index contributed by atoms with van der Waals surface area (Å²) < 4.78 is 11.3. The lowest BCUT2D eigenvalue weighted by Gasteiger charge is -2.16. The van der Waals surface area contributed by atoms with Crippen LogP contribution in [0.15, 0.2) is 29.1 Å². The van der Waals surface area contributed by atoms with Crippen LogP contribution in [0.4, 0.5) is 0 Å². The third-order valence-electron chi connectivity index (χ3n) is 3.32. The zero-order valence-corrected chi connectivity index (χ0v) is 14.4. The number of rotatable bonds is 8. The minimum absolute atomic E-state index is 0.323. The van der Waals surface area contributed by atoms with Crippen LogP contribution in [-0.2, 0) is 17.8 Å². The van der Waals surface area contributed by atoms with E-state index in [2.05, 4.69) is 31.2 Å². The molecule has 0 spiro atoms. The van der Waals surface area contributed by atoms with E-state index in [0.29, 0.717) is 24.5 Å². The summed E-state index contributed by atoms with van der Waals surface area (Å²) in [5, 5.41) is 12.4. The summed E-state index contributed by atoms with van der Waals surface area (Å²) in [6.45, 7) is 0.379. The number of hydrogen-bond donors (Lipinski definition) is 3. The SMILES string of the molecule is COc1cc(CN[C@H](Cc2cnc[nH]2)C(=O)O)cc(Br)c1OC. The van der Waals surface area contributed by atoms with Crippen LogP contribution in [0.5, 0.6) is 11.5 Å². The Kier molecular flexibility index (Phi) is 6.00. The lowest BCUT2D eigenvalue weighted by molar-refractivity contribution is -0.139. The normalized spacial score (nSPS) is 12.0. The molecule has 0 saturated carbocycles. The second kappa shape index (κ2) is 7.98. The van der Waals surface area contributed by atoms with Gasteiger partial charge in [0.05, 0.1) is 25.0 Å². The number of carboxylic acids is 1. The summed E-state index contributed by atoms with van der Waals surface area (Å²) in [6.07, 6.45) is 3.47. The van der Waals surface area contributed by atoms with Crippen molar-refractivity contribution in [3.8, 4) is 11.5 Å². The molecule has 0 saturated heterocycles. The Labute approximate surface area is 142 Å². The van der Waals surface area contributed by atoms with Crippen molar-refractivity contribution in [2.24, 2.45) is 0 Å². The molecule has 0 radical (unpaired) electrons. The van der Waals surface area contributed by atoms with Gasteiger partial charge in [-0.2, -0.15) is 0 Å². The molecule has 1 aromatic heterocycles. The van der Waals surface area contributed by atoms with Crippen LogP contribution in [-0.4, -0.2) is 41.3 Å². The first-order valence-electron chi connectivity index (χ1n) is 6.89. The first-order valence-corrected chi connectivity index (χ1v) is 7.68. The molecule has 1 heterocycles. The van der Waals surface area contributed by atoms with Crippen molar-refractivity contribution in [1.29, 1.82) is 0 Å². The second-order valence-electron chi connectivity index (χ2n) is 4.87. The molecule has 124 valence electrons. The highest BCUT2D eigenvalue weighted by molar-refractivity contribution is 9.10. The molecule has 8 heteroatoms. The largest absolute Gasteiger partial charge is 0.493 e. The maximum atomic E-state index is 11.4. The molecule has 0 aliphatic carbocycles. The summed E-state index contributed by atoms with van der Waals surface area (Å²) in [4.78, 5) is 18.2. The van der Waals surface area contributed by atoms with Crippen LogP contribution >= 0.6 is 15.9 Å². The van der Waals surface area contributed by atoms with Gasteiger partial charge in [0.15, 0.2) is 11.5 Å². The zero-order chi connectivity index (χ0) is 16.8. The number of aromatic amines is 1. The van der Waals surface area contributed by atoms with E-state index in [9.17, 15) is 9.90 Å². The average molecular weight is 384 g/mol. The van der Waals surface area contributed by atoms with Crippen molar-refractivity contribution in [2.75, 3.05) is 14.2 Å². The van der Waals surface area contributed by atoms with Gasteiger partial charge in [-0.25, -0.2) is 4.98 Å². The smallest absolute Gasteiger partial charge is 0.321 e. The predicted octanol–water partition coefficient (Wildman–Crippen LogP) is 1.97. The minimum Gasteiger partial charge on any atom is -0.493 e. The number of H-pyrrole nitrogens is 1. The maximum absolute atomic E-state index is 11.4. The van der Waals surface area contributed by atoms with E-state index in [4.69, 9.17) is 9.47 Å². The molecule has 2 aromatic rings. The first kappa shape index (κ1) is 17.3. The third-order valence-corrected chi connectivity index (χ3v) is 3.91. The zero-order valence-electron chi connectivity index (χ0n) is 12.8. The van der Waals surface area contributed by atoms with Crippen molar-refractivity contribution >= 4 is 21.9 Å². The van der Waals surface area contributed by atoms with Gasteiger partial charge in [0.25, 0.3) is 0 Å². The number of nitrogens with zero attached hydrogens (tertiary/aromatic N) is 1. The third kappa shape index (κ3) is 4.46. The number of halogens is 1. The van der Waals surface area contributed by atoms with E-state index in [-0.39, 0.29) is 0 Å². The van der Waals surface area contributed by atoms with E-state index in [1.807, 2.05) is 12.1 Å². The van der Waals surface area contributed by atoms with E-state index >= 15 is 0 Å². The van der Waals surface area contributed by atoms with Gasteiger partial charge < -0.3 is 19.6 Å². The van der Waals surface area contributed by atoms with Crippen LogP contribution < -0.4 is 14.8 Å². The van der Waals surface area contributed by atoms with Crippen LogP contribution in [0.25, 0.3) is 0 Å². The van der Waals surface area contributed by atoms with Gasteiger partial charge in [-0.3, -0.25) is 10.1 Å². The van der Waals surface area contributed by atoms with Crippen molar-refractivity contribution in [3.05, 3.63) is 40.4 Å². The number of nitrogens with one attached hydrogen (secondary N) is 2. The van der Waals surface area contributed by atoms with Gasteiger partial charge in [-0.15, -0.1) is 0 Å².